The van der Waals surface area contributed by atoms with Gasteiger partial charge in [-0.05, 0) is 13.3 Å². The smallest absolute Gasteiger partial charge is 0.159 e. The number of Topliss-reactive ketones (excluding diaryl/α,β-unsaturated/α-hetero) is 1. The number of ketones is 1. The van der Waals surface area contributed by atoms with Crippen molar-refractivity contribution in [3.63, 3.8) is 0 Å². The number of allylic oxidation sites excluding steroid dienone is 4. The molecule has 0 saturated heterocycles. The molecule has 1 aliphatic rings. The van der Waals surface area contributed by atoms with Crippen molar-refractivity contribution < 1.29 is 4.79 Å². The molecule has 0 saturated carbocycles. The van der Waals surface area contributed by atoms with E-state index in [1.807, 2.05) is 18.2 Å². The van der Waals surface area contributed by atoms with Crippen molar-refractivity contribution in [3.05, 3.63) is 23.8 Å². The van der Waals surface area contributed by atoms with Gasteiger partial charge < -0.3 is 0 Å². The summed E-state index contributed by atoms with van der Waals surface area (Å²) >= 11 is 6.89. The third-order valence-corrected chi connectivity index (χ3v) is 2.68. The summed E-state index contributed by atoms with van der Waals surface area (Å²) in [6.07, 6.45) is 6.49. The SMILES string of the molecule is CC(=O)C1=CCC(Br)(Br)C=C1. The Morgan fingerprint density at radius 1 is 1.64 bits per heavy atom. The van der Waals surface area contributed by atoms with Crippen LogP contribution in [0.3, 0.4) is 0 Å². The van der Waals surface area contributed by atoms with Gasteiger partial charge in [-0.1, -0.05) is 50.1 Å². The van der Waals surface area contributed by atoms with Crippen LogP contribution in [-0.4, -0.2) is 9.02 Å². The summed E-state index contributed by atoms with van der Waals surface area (Å²) in [4.78, 5) is 10.9. The maximum Gasteiger partial charge on any atom is 0.159 e. The molecule has 60 valence electrons. The molecule has 0 fully saturated rings. The molecule has 11 heavy (non-hydrogen) atoms. The predicted molar refractivity (Wildman–Crippen MR) is 53.1 cm³/mol. The van der Waals surface area contributed by atoms with E-state index in [9.17, 15) is 4.79 Å². The first-order valence-electron chi connectivity index (χ1n) is 3.29. The molecule has 0 atom stereocenters. The first kappa shape index (κ1) is 9.20. The quantitative estimate of drug-likeness (QED) is 0.675. The van der Waals surface area contributed by atoms with Crippen molar-refractivity contribution in [1.82, 2.24) is 0 Å². The van der Waals surface area contributed by atoms with Crippen molar-refractivity contribution in [2.45, 2.75) is 16.6 Å². The molecule has 0 spiro atoms. The number of alkyl halides is 2. The zero-order chi connectivity index (χ0) is 8.48. The van der Waals surface area contributed by atoms with Crippen LogP contribution in [0.2, 0.25) is 0 Å². The van der Waals surface area contributed by atoms with Crippen molar-refractivity contribution in [2.75, 3.05) is 0 Å². The number of hydrogen-bond donors (Lipinski definition) is 0. The molecule has 1 nitrogen and oxygen atoms in total. The van der Waals surface area contributed by atoms with Gasteiger partial charge in [0.1, 0.15) is 3.23 Å². The van der Waals surface area contributed by atoms with E-state index in [0.29, 0.717) is 0 Å². The lowest BCUT2D eigenvalue weighted by Gasteiger charge is -2.17. The van der Waals surface area contributed by atoms with Gasteiger partial charge in [-0.3, -0.25) is 4.79 Å². The fraction of sp³-hybridized carbons (Fsp3) is 0.375. The summed E-state index contributed by atoms with van der Waals surface area (Å²) in [5.74, 6) is 0.122. The van der Waals surface area contributed by atoms with Crippen LogP contribution in [0.1, 0.15) is 13.3 Å². The Morgan fingerprint density at radius 2 is 2.27 bits per heavy atom. The van der Waals surface area contributed by atoms with Crippen LogP contribution < -0.4 is 0 Å². The summed E-state index contributed by atoms with van der Waals surface area (Å²) in [5.41, 5.74) is 0.791. The lowest BCUT2D eigenvalue weighted by molar-refractivity contribution is -0.113. The minimum absolute atomic E-state index is 0.122. The Labute approximate surface area is 82.8 Å². The number of carbonyl (C=O) groups is 1. The maximum atomic E-state index is 10.9. The van der Waals surface area contributed by atoms with Crippen LogP contribution in [-0.2, 0) is 4.79 Å². The first-order chi connectivity index (χ1) is 5.01. The number of hydrogen-bond acceptors (Lipinski definition) is 1. The fourth-order valence-electron chi connectivity index (χ4n) is 0.855. The zero-order valence-electron chi connectivity index (χ0n) is 6.10. The van der Waals surface area contributed by atoms with Gasteiger partial charge in [-0.15, -0.1) is 0 Å². The second-order valence-corrected chi connectivity index (χ2v) is 6.41. The predicted octanol–water partition coefficient (Wildman–Crippen LogP) is 2.95. The Bertz CT molecular complexity index is 238. The van der Waals surface area contributed by atoms with Crippen LogP contribution >= 0.6 is 31.9 Å². The van der Waals surface area contributed by atoms with Gasteiger partial charge >= 0.3 is 0 Å². The molecule has 0 aromatic heterocycles. The van der Waals surface area contributed by atoms with E-state index in [2.05, 4.69) is 31.9 Å². The van der Waals surface area contributed by atoms with Crippen molar-refractivity contribution in [3.8, 4) is 0 Å². The Kier molecular flexibility index (Phi) is 2.70. The molecular weight excluding hydrogens is 272 g/mol. The molecule has 0 unspecified atom stereocenters. The fourth-order valence-corrected chi connectivity index (χ4v) is 1.44. The third-order valence-electron chi connectivity index (χ3n) is 1.51. The largest absolute Gasteiger partial charge is 0.295 e. The highest BCUT2D eigenvalue weighted by Crippen LogP contribution is 2.35. The highest BCUT2D eigenvalue weighted by atomic mass is 79.9. The van der Waals surface area contributed by atoms with Crippen LogP contribution in [0, 0.1) is 0 Å². The molecule has 0 heterocycles. The van der Waals surface area contributed by atoms with Crippen LogP contribution in [0.15, 0.2) is 23.8 Å². The van der Waals surface area contributed by atoms with E-state index < -0.39 is 0 Å². The zero-order valence-corrected chi connectivity index (χ0v) is 9.28. The second-order valence-electron chi connectivity index (χ2n) is 2.51. The molecule has 0 aliphatic heterocycles. The molecule has 1 aliphatic carbocycles. The van der Waals surface area contributed by atoms with E-state index in [1.54, 1.807) is 6.92 Å². The summed E-state index contributed by atoms with van der Waals surface area (Å²) in [6, 6.07) is 0. The first-order valence-corrected chi connectivity index (χ1v) is 4.88. The molecule has 0 N–H and O–H groups in total. The molecule has 0 amide bonds. The standard InChI is InChI=1S/C8H8Br2O/c1-6(11)7-2-4-8(9,10)5-3-7/h2-4H,5H2,1H3. The molecule has 0 bridgehead atoms. The highest BCUT2D eigenvalue weighted by Gasteiger charge is 2.21. The van der Waals surface area contributed by atoms with Gasteiger partial charge in [0.2, 0.25) is 0 Å². The molecule has 0 aromatic rings. The maximum absolute atomic E-state index is 10.9. The van der Waals surface area contributed by atoms with E-state index in [4.69, 9.17) is 0 Å². The monoisotopic (exact) mass is 278 g/mol. The van der Waals surface area contributed by atoms with Gasteiger partial charge in [0.15, 0.2) is 5.78 Å². The molecule has 1 rings (SSSR count). The Morgan fingerprint density at radius 3 is 2.64 bits per heavy atom. The number of halogens is 2. The summed E-state index contributed by atoms with van der Waals surface area (Å²) in [5, 5.41) is 0. The Balaban J connectivity index is 2.75. The highest BCUT2D eigenvalue weighted by molar-refractivity contribution is 9.25. The van der Waals surface area contributed by atoms with Gasteiger partial charge in [0, 0.05) is 5.57 Å². The lowest BCUT2D eigenvalue weighted by atomic mass is 10.0. The van der Waals surface area contributed by atoms with E-state index in [-0.39, 0.29) is 9.02 Å². The average Bonchev–Trinajstić information content (AvgIpc) is 1.86. The summed E-state index contributed by atoms with van der Waals surface area (Å²) < 4.78 is -0.140. The average molecular weight is 280 g/mol. The van der Waals surface area contributed by atoms with Crippen molar-refractivity contribution in [1.29, 1.82) is 0 Å². The topological polar surface area (TPSA) is 17.1 Å². The van der Waals surface area contributed by atoms with Gasteiger partial charge in [0.05, 0.1) is 0 Å². The van der Waals surface area contributed by atoms with Crippen molar-refractivity contribution in [2.24, 2.45) is 0 Å². The van der Waals surface area contributed by atoms with Crippen molar-refractivity contribution >= 4 is 37.6 Å². The van der Waals surface area contributed by atoms with Gasteiger partial charge in [0.25, 0.3) is 0 Å². The molecule has 3 heteroatoms. The van der Waals surface area contributed by atoms with Crippen LogP contribution in [0.4, 0.5) is 0 Å². The molecule has 0 aromatic carbocycles. The summed E-state index contributed by atoms with van der Waals surface area (Å²) in [7, 11) is 0. The van der Waals surface area contributed by atoms with Gasteiger partial charge in [-0.25, -0.2) is 0 Å². The Hall–Kier alpha value is 0.110. The van der Waals surface area contributed by atoms with E-state index >= 15 is 0 Å². The summed E-state index contributed by atoms with van der Waals surface area (Å²) in [6.45, 7) is 1.58. The minimum atomic E-state index is -0.140. The number of carbonyl (C=O) groups excluding carboxylic acids is 1. The van der Waals surface area contributed by atoms with E-state index in [0.717, 1.165) is 12.0 Å². The third kappa shape index (κ3) is 2.56. The molecular formula is C8H8Br2O. The normalized spacial score (nSPS) is 21.2. The number of rotatable bonds is 1. The molecule has 0 radical (unpaired) electrons. The minimum Gasteiger partial charge on any atom is -0.295 e. The van der Waals surface area contributed by atoms with Crippen LogP contribution in [0.5, 0.6) is 0 Å². The lowest BCUT2D eigenvalue weighted by Crippen LogP contribution is -2.10. The van der Waals surface area contributed by atoms with Crippen LogP contribution in [0.25, 0.3) is 0 Å². The second kappa shape index (κ2) is 3.23. The van der Waals surface area contributed by atoms with Gasteiger partial charge in [-0.2, -0.15) is 0 Å². The van der Waals surface area contributed by atoms with E-state index in [1.165, 1.54) is 0 Å².